The number of aromatic amines is 1. The van der Waals surface area contributed by atoms with Crippen LogP contribution in [0.15, 0.2) is 12.1 Å². The van der Waals surface area contributed by atoms with Crippen LogP contribution in [0.3, 0.4) is 0 Å². The van der Waals surface area contributed by atoms with E-state index in [1.807, 2.05) is 6.92 Å². The fraction of sp³-hybridized carbons (Fsp3) is 0.579. The molecule has 1 heterocycles. The first-order valence-electron chi connectivity index (χ1n) is 8.60. The summed E-state index contributed by atoms with van der Waals surface area (Å²) < 4.78 is 11.1. The molecule has 0 atom stereocenters. The van der Waals surface area contributed by atoms with E-state index in [0.29, 0.717) is 0 Å². The molecule has 0 amide bonds. The van der Waals surface area contributed by atoms with Crippen molar-refractivity contribution in [3.63, 3.8) is 0 Å². The summed E-state index contributed by atoms with van der Waals surface area (Å²) in [6.45, 7) is 9.77. The van der Waals surface area contributed by atoms with Crippen LogP contribution < -0.4 is 9.47 Å². The summed E-state index contributed by atoms with van der Waals surface area (Å²) in [5.74, 6) is 1.64. The van der Waals surface area contributed by atoms with Gasteiger partial charge < -0.3 is 14.5 Å². The van der Waals surface area contributed by atoms with E-state index >= 15 is 0 Å². The summed E-state index contributed by atoms with van der Waals surface area (Å²) in [4.78, 5) is 6.07. The molecule has 23 heavy (non-hydrogen) atoms. The third-order valence-corrected chi connectivity index (χ3v) is 4.24. The molecule has 1 aromatic carbocycles. The van der Waals surface area contributed by atoms with Gasteiger partial charge in [-0.2, -0.15) is 0 Å². The van der Waals surface area contributed by atoms with Crippen molar-refractivity contribution in [3.8, 4) is 11.5 Å². The third-order valence-electron chi connectivity index (χ3n) is 4.24. The highest BCUT2D eigenvalue weighted by Gasteiger charge is 2.16. The highest BCUT2D eigenvalue weighted by Crippen LogP contribution is 2.38. The van der Waals surface area contributed by atoms with E-state index in [-0.39, 0.29) is 0 Å². The summed E-state index contributed by atoms with van der Waals surface area (Å²) in [6.07, 6.45) is 3.66. The Morgan fingerprint density at radius 2 is 1.74 bits per heavy atom. The van der Waals surface area contributed by atoms with Gasteiger partial charge in [-0.25, -0.2) is 0 Å². The van der Waals surface area contributed by atoms with E-state index in [1.165, 1.54) is 25.0 Å². The Kier molecular flexibility index (Phi) is 6.34. The number of unbranched alkanes of at least 4 members (excludes halogenated alkanes) is 1. The van der Waals surface area contributed by atoms with Crippen molar-refractivity contribution in [2.75, 3.05) is 27.3 Å². The number of ether oxygens (including phenoxy) is 2. The van der Waals surface area contributed by atoms with Gasteiger partial charge in [0.15, 0.2) is 11.5 Å². The minimum absolute atomic E-state index is 0.820. The fourth-order valence-electron chi connectivity index (χ4n) is 3.16. The molecule has 0 fully saturated rings. The maximum atomic E-state index is 5.60. The zero-order valence-electron chi connectivity index (χ0n) is 15.2. The van der Waals surface area contributed by atoms with Crippen molar-refractivity contribution < 1.29 is 9.47 Å². The number of rotatable bonds is 9. The van der Waals surface area contributed by atoms with Gasteiger partial charge in [-0.3, -0.25) is 4.90 Å². The number of methoxy groups -OCH3 is 2. The van der Waals surface area contributed by atoms with Gasteiger partial charge >= 0.3 is 0 Å². The van der Waals surface area contributed by atoms with Gasteiger partial charge in [0.1, 0.15) is 0 Å². The van der Waals surface area contributed by atoms with Crippen molar-refractivity contribution in [2.45, 2.75) is 46.6 Å². The number of aryl methyl sites for hydroxylation is 1. The van der Waals surface area contributed by atoms with Gasteiger partial charge in [0.2, 0.25) is 0 Å². The number of benzene rings is 1. The number of H-pyrrole nitrogens is 1. The molecular weight excluding hydrogens is 288 g/mol. The first-order valence-corrected chi connectivity index (χ1v) is 8.60. The lowest BCUT2D eigenvalue weighted by Crippen LogP contribution is -2.25. The first-order chi connectivity index (χ1) is 11.1. The first kappa shape index (κ1) is 17.7. The molecule has 0 unspecified atom stereocenters. The lowest BCUT2D eigenvalue weighted by atomic mass is 10.1. The summed E-state index contributed by atoms with van der Waals surface area (Å²) >= 11 is 0. The molecule has 0 radical (unpaired) electrons. The van der Waals surface area contributed by atoms with Crippen molar-refractivity contribution in [3.05, 3.63) is 23.4 Å². The second-order valence-corrected chi connectivity index (χ2v) is 6.15. The van der Waals surface area contributed by atoms with Gasteiger partial charge in [0.25, 0.3) is 0 Å². The van der Waals surface area contributed by atoms with Crippen molar-refractivity contribution in [1.82, 2.24) is 9.88 Å². The molecule has 2 aromatic rings. The Hall–Kier alpha value is -1.68. The number of nitrogens with zero attached hydrogens (tertiary/aromatic N) is 1. The Morgan fingerprint density at radius 3 is 2.35 bits per heavy atom. The van der Waals surface area contributed by atoms with Crippen LogP contribution in [-0.2, 0) is 6.54 Å². The Balaban J connectivity index is 2.31. The smallest absolute Gasteiger partial charge is 0.170 e. The Morgan fingerprint density at radius 1 is 1.00 bits per heavy atom. The van der Waals surface area contributed by atoms with Crippen molar-refractivity contribution in [2.24, 2.45) is 0 Å². The molecule has 0 aliphatic carbocycles. The maximum Gasteiger partial charge on any atom is 0.170 e. The zero-order valence-corrected chi connectivity index (χ0v) is 15.2. The molecular formula is C19H30N2O2. The summed E-state index contributed by atoms with van der Waals surface area (Å²) in [7, 11) is 3.39. The number of fused-ring (bicyclic) bond motifs is 1. The van der Waals surface area contributed by atoms with Crippen LogP contribution in [0.1, 0.15) is 44.4 Å². The van der Waals surface area contributed by atoms with Crippen molar-refractivity contribution >= 4 is 10.9 Å². The maximum absolute atomic E-state index is 5.60. The molecule has 4 heteroatoms. The topological polar surface area (TPSA) is 37.5 Å². The molecule has 0 aliphatic rings. The van der Waals surface area contributed by atoms with Gasteiger partial charge in [0, 0.05) is 23.1 Å². The second kappa shape index (κ2) is 8.25. The van der Waals surface area contributed by atoms with Gasteiger partial charge in [-0.15, -0.1) is 0 Å². The monoisotopic (exact) mass is 318 g/mol. The summed E-state index contributed by atoms with van der Waals surface area (Å²) in [5.41, 5.74) is 3.43. The Bertz CT molecular complexity index is 634. The standard InChI is InChI=1S/C19H30N2O2/c1-6-8-10-21(9-7-2)13-15-12-16-17(20-15)11-14(3)18(22-4)19(16)23-5/h11-12,20H,6-10,13H2,1-5H3. The quantitative estimate of drug-likeness (QED) is 0.739. The molecule has 2 rings (SSSR count). The third kappa shape index (κ3) is 3.99. The van der Waals surface area contributed by atoms with Crippen LogP contribution >= 0.6 is 0 Å². The van der Waals surface area contributed by atoms with E-state index < -0.39 is 0 Å². The normalized spacial score (nSPS) is 11.4. The predicted octanol–water partition coefficient (Wildman–Crippen LogP) is 4.51. The lowest BCUT2D eigenvalue weighted by molar-refractivity contribution is 0.259. The van der Waals surface area contributed by atoms with E-state index in [4.69, 9.17) is 9.47 Å². The van der Waals surface area contributed by atoms with Crippen LogP contribution in [-0.4, -0.2) is 37.2 Å². The highest BCUT2D eigenvalue weighted by atomic mass is 16.5. The number of nitrogens with one attached hydrogen (secondary N) is 1. The average molecular weight is 318 g/mol. The Labute approximate surface area is 139 Å². The average Bonchev–Trinajstić information content (AvgIpc) is 2.93. The second-order valence-electron chi connectivity index (χ2n) is 6.15. The summed E-state index contributed by atoms with van der Waals surface area (Å²) in [6, 6.07) is 4.33. The number of hydrogen-bond acceptors (Lipinski definition) is 3. The van der Waals surface area contributed by atoms with Crippen LogP contribution in [0.5, 0.6) is 11.5 Å². The summed E-state index contributed by atoms with van der Waals surface area (Å²) in [5, 5.41) is 1.09. The molecule has 0 spiro atoms. The fourth-order valence-corrected chi connectivity index (χ4v) is 3.16. The molecule has 128 valence electrons. The van der Waals surface area contributed by atoms with Crippen LogP contribution in [0, 0.1) is 6.92 Å². The number of aromatic nitrogens is 1. The highest BCUT2D eigenvalue weighted by molar-refractivity contribution is 5.90. The van der Waals surface area contributed by atoms with E-state index in [1.54, 1.807) is 14.2 Å². The van der Waals surface area contributed by atoms with Gasteiger partial charge in [-0.05, 0) is 50.6 Å². The van der Waals surface area contributed by atoms with E-state index in [9.17, 15) is 0 Å². The lowest BCUT2D eigenvalue weighted by Gasteiger charge is -2.20. The van der Waals surface area contributed by atoms with Crippen LogP contribution in [0.25, 0.3) is 10.9 Å². The SMILES string of the molecule is CCCCN(CCC)Cc1cc2c(OC)c(OC)c(C)cc2[nH]1. The molecule has 1 N–H and O–H groups in total. The molecule has 0 aliphatic heterocycles. The molecule has 4 nitrogen and oxygen atoms in total. The van der Waals surface area contributed by atoms with Crippen LogP contribution in [0.2, 0.25) is 0 Å². The largest absolute Gasteiger partial charge is 0.493 e. The predicted molar refractivity (Wildman–Crippen MR) is 96.6 cm³/mol. The van der Waals surface area contributed by atoms with Gasteiger partial charge in [-0.1, -0.05) is 20.3 Å². The van der Waals surface area contributed by atoms with Gasteiger partial charge in [0.05, 0.1) is 14.2 Å². The van der Waals surface area contributed by atoms with E-state index in [2.05, 4.69) is 35.9 Å². The minimum atomic E-state index is 0.820. The molecule has 0 bridgehead atoms. The van der Waals surface area contributed by atoms with Crippen LogP contribution in [0.4, 0.5) is 0 Å². The molecule has 1 aromatic heterocycles. The molecule has 0 saturated carbocycles. The minimum Gasteiger partial charge on any atom is -0.493 e. The zero-order chi connectivity index (χ0) is 16.8. The van der Waals surface area contributed by atoms with Crippen molar-refractivity contribution in [1.29, 1.82) is 0 Å². The van der Waals surface area contributed by atoms with E-state index in [0.717, 1.165) is 47.6 Å². The molecule has 0 saturated heterocycles. The number of hydrogen-bond donors (Lipinski definition) is 1.